The van der Waals surface area contributed by atoms with E-state index in [1.54, 1.807) is 12.3 Å². The molecule has 5 heterocycles. The Kier molecular flexibility index (Phi) is 5.57. The average Bonchev–Trinajstić information content (AvgIpc) is 3.33. The zero-order valence-electron chi connectivity index (χ0n) is 20.7. The number of H-pyrrole nitrogens is 1. The van der Waals surface area contributed by atoms with Crippen LogP contribution in [0.15, 0.2) is 30.5 Å². The van der Waals surface area contributed by atoms with Crippen LogP contribution in [-0.4, -0.2) is 87.4 Å². The molecule has 0 unspecified atom stereocenters. The molecule has 192 valence electrons. The molecule has 0 radical (unpaired) electrons. The van der Waals surface area contributed by atoms with E-state index in [2.05, 4.69) is 26.8 Å². The van der Waals surface area contributed by atoms with Crippen molar-refractivity contribution in [3.63, 3.8) is 0 Å². The number of nitrogens with one attached hydrogen (secondary N) is 2. The quantitative estimate of drug-likeness (QED) is 0.552. The maximum absolute atomic E-state index is 13.5. The van der Waals surface area contributed by atoms with Crippen molar-refractivity contribution < 1.29 is 14.3 Å². The van der Waals surface area contributed by atoms with E-state index in [4.69, 9.17) is 9.72 Å². The number of likely N-dealkylation sites (tertiary alicyclic amines) is 2. The molecule has 1 saturated carbocycles. The Bertz CT molecular complexity index is 1330. The van der Waals surface area contributed by atoms with Gasteiger partial charge in [0, 0.05) is 69.0 Å². The van der Waals surface area contributed by atoms with Gasteiger partial charge in [0.1, 0.15) is 11.3 Å². The number of amides is 2. The van der Waals surface area contributed by atoms with Gasteiger partial charge in [0.2, 0.25) is 0 Å². The highest BCUT2D eigenvalue weighted by atomic mass is 16.5. The van der Waals surface area contributed by atoms with E-state index in [-0.39, 0.29) is 11.8 Å². The van der Waals surface area contributed by atoms with Gasteiger partial charge < -0.3 is 19.9 Å². The highest BCUT2D eigenvalue weighted by molar-refractivity contribution is 5.97. The molecule has 7 rings (SSSR count). The molecule has 4 aliphatic rings. The highest BCUT2D eigenvalue weighted by Crippen LogP contribution is 2.43. The van der Waals surface area contributed by atoms with E-state index in [1.165, 1.54) is 5.56 Å². The van der Waals surface area contributed by atoms with Crippen molar-refractivity contribution in [1.29, 1.82) is 0 Å². The molecule has 2 aromatic heterocycles. The molecule has 3 saturated heterocycles. The summed E-state index contributed by atoms with van der Waals surface area (Å²) in [5.41, 5.74) is 3.99. The van der Waals surface area contributed by atoms with Crippen molar-refractivity contribution in [2.75, 3.05) is 44.7 Å². The molecule has 4 fully saturated rings. The minimum Gasteiger partial charge on any atom is -0.381 e. The number of benzene rings is 1. The van der Waals surface area contributed by atoms with Crippen LogP contribution in [0.2, 0.25) is 0 Å². The number of pyridine rings is 1. The minimum atomic E-state index is 0.0167. The van der Waals surface area contributed by atoms with E-state index < -0.39 is 0 Å². The average molecular weight is 502 g/mol. The lowest BCUT2D eigenvalue weighted by atomic mass is 10.0. The molecule has 10 heteroatoms. The van der Waals surface area contributed by atoms with E-state index in [1.807, 2.05) is 21.9 Å². The molecule has 1 aromatic carbocycles. The number of nitrogens with zero attached hydrogens (tertiary/aromatic N) is 5. The first-order valence-electron chi connectivity index (χ1n) is 13.4. The molecule has 2 N–H and O–H groups in total. The summed E-state index contributed by atoms with van der Waals surface area (Å²) in [7, 11) is 0. The van der Waals surface area contributed by atoms with Gasteiger partial charge in [-0.1, -0.05) is 5.21 Å². The van der Waals surface area contributed by atoms with Gasteiger partial charge in [0.05, 0.1) is 11.1 Å². The third kappa shape index (κ3) is 4.33. The Hall–Kier alpha value is -3.53. The summed E-state index contributed by atoms with van der Waals surface area (Å²) in [5, 5.41) is 14.2. The van der Waals surface area contributed by atoms with Crippen molar-refractivity contribution in [3.05, 3.63) is 47.2 Å². The second kappa shape index (κ2) is 9.09. The summed E-state index contributed by atoms with van der Waals surface area (Å²) in [6.07, 6.45) is 6.01. The fourth-order valence-corrected chi connectivity index (χ4v) is 6.12. The molecule has 2 atom stereocenters. The maximum Gasteiger partial charge on any atom is 0.255 e. The fourth-order valence-electron chi connectivity index (χ4n) is 6.12. The van der Waals surface area contributed by atoms with Crippen LogP contribution < -0.4 is 5.32 Å². The third-order valence-electron chi connectivity index (χ3n) is 8.38. The standard InChI is InChI=1S/C27H31N7O3/c35-26(17-3-4-23-24(10-17)31-32-30-23)33-12-19-14-34(15-20(19)13-33)27(36)18-9-22(16-1-2-16)25(28-11-18)29-21-5-7-37-8-6-21/h3-4,9-11,16,19-21H,1-2,5-8,12-15H2,(H,28,29)(H,30,31,32)/t19-,20-/m1/s1. The summed E-state index contributed by atoms with van der Waals surface area (Å²) in [6.45, 7) is 4.26. The van der Waals surface area contributed by atoms with Gasteiger partial charge in [-0.15, -0.1) is 5.10 Å². The molecular weight excluding hydrogens is 470 g/mol. The van der Waals surface area contributed by atoms with Crippen molar-refractivity contribution in [2.45, 2.75) is 37.6 Å². The van der Waals surface area contributed by atoms with E-state index in [0.717, 1.165) is 50.2 Å². The van der Waals surface area contributed by atoms with E-state index in [9.17, 15) is 9.59 Å². The first-order chi connectivity index (χ1) is 18.1. The first kappa shape index (κ1) is 22.7. The number of carbonyl (C=O) groups excluding carboxylic acids is 2. The van der Waals surface area contributed by atoms with Crippen molar-refractivity contribution >= 4 is 28.7 Å². The van der Waals surface area contributed by atoms with Gasteiger partial charge in [0.15, 0.2) is 0 Å². The number of rotatable bonds is 5. The molecule has 2 amide bonds. The van der Waals surface area contributed by atoms with Gasteiger partial charge in [0.25, 0.3) is 11.8 Å². The molecule has 10 nitrogen and oxygen atoms in total. The van der Waals surface area contributed by atoms with Crippen LogP contribution in [0.25, 0.3) is 11.0 Å². The topological polar surface area (TPSA) is 116 Å². The van der Waals surface area contributed by atoms with Gasteiger partial charge in [-0.3, -0.25) is 14.7 Å². The van der Waals surface area contributed by atoms with Gasteiger partial charge >= 0.3 is 0 Å². The summed E-state index contributed by atoms with van der Waals surface area (Å²) in [6, 6.07) is 7.89. The largest absolute Gasteiger partial charge is 0.381 e. The molecule has 3 aromatic rings. The highest BCUT2D eigenvalue weighted by Gasteiger charge is 2.43. The summed E-state index contributed by atoms with van der Waals surface area (Å²) < 4.78 is 5.48. The minimum absolute atomic E-state index is 0.0167. The van der Waals surface area contributed by atoms with Crippen LogP contribution >= 0.6 is 0 Å². The molecular formula is C27H31N7O3. The summed E-state index contributed by atoms with van der Waals surface area (Å²) in [5.74, 6) is 2.10. The predicted octanol–water partition coefficient (Wildman–Crippen LogP) is 2.67. The number of fused-ring (bicyclic) bond motifs is 2. The molecule has 3 aliphatic heterocycles. The zero-order chi connectivity index (χ0) is 24.9. The van der Waals surface area contributed by atoms with Crippen LogP contribution in [0, 0.1) is 11.8 Å². The Morgan fingerprint density at radius 2 is 1.62 bits per heavy atom. The Morgan fingerprint density at radius 1 is 0.919 bits per heavy atom. The van der Waals surface area contributed by atoms with Crippen LogP contribution in [0.1, 0.15) is 57.9 Å². The third-order valence-corrected chi connectivity index (χ3v) is 8.38. The number of carbonyl (C=O) groups is 2. The Balaban J connectivity index is 1.01. The van der Waals surface area contributed by atoms with Crippen LogP contribution in [0.4, 0.5) is 5.82 Å². The van der Waals surface area contributed by atoms with Crippen molar-refractivity contribution in [1.82, 2.24) is 30.2 Å². The molecule has 0 bridgehead atoms. The van der Waals surface area contributed by atoms with E-state index >= 15 is 0 Å². The second-order valence-corrected chi connectivity index (χ2v) is 11.0. The number of hydrogen-bond acceptors (Lipinski definition) is 7. The van der Waals surface area contributed by atoms with Crippen LogP contribution in [0.5, 0.6) is 0 Å². The Labute approximate surface area is 214 Å². The fraction of sp³-hybridized carbons (Fsp3) is 0.519. The maximum atomic E-state index is 13.5. The Morgan fingerprint density at radius 3 is 2.32 bits per heavy atom. The number of anilines is 1. The number of ether oxygens (including phenoxy) is 1. The normalized spacial score (nSPS) is 24.0. The van der Waals surface area contributed by atoms with Gasteiger partial charge in [-0.25, -0.2) is 4.98 Å². The van der Waals surface area contributed by atoms with Crippen molar-refractivity contribution in [3.8, 4) is 0 Å². The molecule has 1 aliphatic carbocycles. The molecule has 0 spiro atoms. The first-order valence-corrected chi connectivity index (χ1v) is 13.4. The number of aromatic nitrogens is 4. The summed E-state index contributed by atoms with van der Waals surface area (Å²) >= 11 is 0. The van der Waals surface area contributed by atoms with Crippen LogP contribution in [0.3, 0.4) is 0 Å². The summed E-state index contributed by atoms with van der Waals surface area (Å²) in [4.78, 5) is 35.2. The predicted molar refractivity (Wildman–Crippen MR) is 136 cm³/mol. The molecule has 37 heavy (non-hydrogen) atoms. The number of hydrogen-bond donors (Lipinski definition) is 2. The lowest BCUT2D eigenvalue weighted by Gasteiger charge is -2.25. The lowest BCUT2D eigenvalue weighted by Crippen LogP contribution is -2.35. The smallest absolute Gasteiger partial charge is 0.255 e. The second-order valence-electron chi connectivity index (χ2n) is 11.0. The van der Waals surface area contributed by atoms with Crippen LogP contribution in [-0.2, 0) is 4.74 Å². The zero-order valence-corrected chi connectivity index (χ0v) is 20.7. The number of aromatic amines is 1. The van der Waals surface area contributed by atoms with E-state index in [0.29, 0.717) is 66.6 Å². The lowest BCUT2D eigenvalue weighted by molar-refractivity contribution is 0.0738. The van der Waals surface area contributed by atoms with Gasteiger partial charge in [-0.05, 0) is 61.4 Å². The SMILES string of the molecule is O=C(c1cnc(NC2CCOCC2)c(C2CC2)c1)N1C[C@H]2CN(C(=O)c3ccc4[nH]nnc4c3)C[C@@H]2C1. The van der Waals surface area contributed by atoms with Gasteiger partial charge in [-0.2, -0.15) is 0 Å². The van der Waals surface area contributed by atoms with Crippen molar-refractivity contribution in [2.24, 2.45) is 11.8 Å². The monoisotopic (exact) mass is 501 g/mol.